The first-order chi connectivity index (χ1) is 12.6. The molecule has 1 heterocycles. The number of aromatic amines is 1. The molecule has 26 heavy (non-hydrogen) atoms. The van der Waals surface area contributed by atoms with Gasteiger partial charge in [0.1, 0.15) is 11.4 Å². The van der Waals surface area contributed by atoms with Gasteiger partial charge in [-0.05, 0) is 38.1 Å². The van der Waals surface area contributed by atoms with Gasteiger partial charge in [-0.1, -0.05) is 29.8 Å². The summed E-state index contributed by atoms with van der Waals surface area (Å²) in [7, 11) is 0. The molecule has 7 heteroatoms. The number of carbonyl (C=O) groups excluding carboxylic acids is 2. The summed E-state index contributed by atoms with van der Waals surface area (Å²) < 4.78 is 10.4. The highest BCUT2D eigenvalue weighted by Crippen LogP contribution is 2.25. The van der Waals surface area contributed by atoms with Gasteiger partial charge >= 0.3 is 11.9 Å². The van der Waals surface area contributed by atoms with Gasteiger partial charge in [-0.15, -0.1) is 5.10 Å². The Balaban J connectivity index is 1.84. The van der Waals surface area contributed by atoms with Gasteiger partial charge in [-0.2, -0.15) is 10.3 Å². The molecule has 3 rings (SSSR count). The van der Waals surface area contributed by atoms with E-state index in [0.717, 1.165) is 5.56 Å². The zero-order chi connectivity index (χ0) is 18.5. The first kappa shape index (κ1) is 17.3. The molecular formula is C19H17N3O4. The minimum atomic E-state index is -0.571. The van der Waals surface area contributed by atoms with Gasteiger partial charge in [0.2, 0.25) is 0 Å². The Morgan fingerprint density at radius 3 is 2.62 bits per heavy atom. The standard InChI is InChI=1S/C19H17N3O4/c1-3-25-19(24)17-16(20-22-21-17)13-7-5-9-15(11-13)26-18(23)14-8-4-6-12(2)10-14/h4-11H,3H2,1-2H3,(H,20,21,22). The van der Waals surface area contributed by atoms with Crippen LogP contribution in [0.3, 0.4) is 0 Å². The van der Waals surface area contributed by atoms with E-state index >= 15 is 0 Å². The van der Waals surface area contributed by atoms with Crippen molar-refractivity contribution < 1.29 is 19.1 Å². The van der Waals surface area contributed by atoms with Crippen LogP contribution in [-0.4, -0.2) is 34.0 Å². The lowest BCUT2D eigenvalue weighted by Crippen LogP contribution is -2.09. The van der Waals surface area contributed by atoms with Crippen LogP contribution in [0.25, 0.3) is 11.3 Å². The Kier molecular flexibility index (Phi) is 5.07. The minimum Gasteiger partial charge on any atom is -0.461 e. The molecule has 0 unspecified atom stereocenters. The van der Waals surface area contributed by atoms with Crippen LogP contribution in [0.4, 0.5) is 0 Å². The molecule has 0 atom stereocenters. The van der Waals surface area contributed by atoms with E-state index in [0.29, 0.717) is 22.6 Å². The maximum Gasteiger partial charge on any atom is 0.361 e. The van der Waals surface area contributed by atoms with Crippen LogP contribution in [0.1, 0.15) is 33.3 Å². The molecule has 0 saturated heterocycles. The highest BCUT2D eigenvalue weighted by molar-refractivity contribution is 5.94. The first-order valence-electron chi connectivity index (χ1n) is 8.05. The van der Waals surface area contributed by atoms with Gasteiger partial charge in [-0.3, -0.25) is 0 Å². The molecule has 0 bridgehead atoms. The van der Waals surface area contributed by atoms with Crippen LogP contribution in [-0.2, 0) is 4.74 Å². The van der Waals surface area contributed by atoms with Crippen molar-refractivity contribution in [3.8, 4) is 17.0 Å². The van der Waals surface area contributed by atoms with Crippen molar-refractivity contribution in [2.24, 2.45) is 0 Å². The van der Waals surface area contributed by atoms with E-state index in [-0.39, 0.29) is 12.3 Å². The summed E-state index contributed by atoms with van der Waals surface area (Å²) in [4.78, 5) is 24.2. The van der Waals surface area contributed by atoms with E-state index < -0.39 is 11.9 Å². The fraction of sp³-hybridized carbons (Fsp3) is 0.158. The molecule has 3 aromatic rings. The summed E-state index contributed by atoms with van der Waals surface area (Å²) >= 11 is 0. The molecule has 0 saturated carbocycles. The largest absolute Gasteiger partial charge is 0.461 e. The van der Waals surface area contributed by atoms with Gasteiger partial charge in [-0.25, -0.2) is 9.59 Å². The fourth-order valence-corrected chi connectivity index (χ4v) is 2.42. The second-order valence-electron chi connectivity index (χ2n) is 5.53. The van der Waals surface area contributed by atoms with Crippen LogP contribution in [0, 0.1) is 6.92 Å². The number of benzene rings is 2. The van der Waals surface area contributed by atoms with Gasteiger partial charge in [0.15, 0.2) is 5.69 Å². The number of rotatable bonds is 5. The molecule has 7 nitrogen and oxygen atoms in total. The van der Waals surface area contributed by atoms with Crippen LogP contribution >= 0.6 is 0 Å². The molecule has 1 aromatic heterocycles. The quantitative estimate of drug-likeness (QED) is 0.560. The monoisotopic (exact) mass is 351 g/mol. The third-order valence-corrected chi connectivity index (χ3v) is 3.59. The maximum absolute atomic E-state index is 12.3. The summed E-state index contributed by atoms with van der Waals surface area (Å²) in [6.07, 6.45) is 0. The van der Waals surface area contributed by atoms with Crippen molar-refractivity contribution in [3.05, 3.63) is 65.4 Å². The minimum absolute atomic E-state index is 0.0778. The molecule has 0 aliphatic rings. The molecule has 0 amide bonds. The molecule has 2 aromatic carbocycles. The van der Waals surface area contributed by atoms with Gasteiger partial charge in [0, 0.05) is 5.56 Å². The molecule has 0 spiro atoms. The van der Waals surface area contributed by atoms with Crippen LogP contribution in [0.5, 0.6) is 5.75 Å². The van der Waals surface area contributed by atoms with E-state index in [1.165, 1.54) is 0 Å². The third-order valence-electron chi connectivity index (χ3n) is 3.59. The zero-order valence-corrected chi connectivity index (χ0v) is 14.4. The fourth-order valence-electron chi connectivity index (χ4n) is 2.42. The molecule has 1 N–H and O–H groups in total. The Labute approximate surface area is 150 Å². The number of H-pyrrole nitrogens is 1. The summed E-state index contributed by atoms with van der Waals surface area (Å²) in [5, 5.41) is 10.3. The van der Waals surface area contributed by atoms with Crippen molar-refractivity contribution in [1.82, 2.24) is 15.4 Å². The second kappa shape index (κ2) is 7.60. The van der Waals surface area contributed by atoms with Gasteiger partial charge < -0.3 is 9.47 Å². The highest BCUT2D eigenvalue weighted by Gasteiger charge is 2.19. The molecule has 0 aliphatic heterocycles. The summed E-state index contributed by atoms with van der Waals surface area (Å²) in [6.45, 7) is 3.85. The van der Waals surface area contributed by atoms with Gasteiger partial charge in [0.25, 0.3) is 0 Å². The highest BCUT2D eigenvalue weighted by atomic mass is 16.5. The van der Waals surface area contributed by atoms with Crippen LogP contribution < -0.4 is 4.74 Å². The number of aryl methyl sites for hydroxylation is 1. The van der Waals surface area contributed by atoms with E-state index in [4.69, 9.17) is 9.47 Å². The molecule has 0 radical (unpaired) electrons. The van der Waals surface area contributed by atoms with Crippen molar-refractivity contribution in [3.63, 3.8) is 0 Å². The van der Waals surface area contributed by atoms with Crippen LogP contribution in [0.15, 0.2) is 48.5 Å². The lowest BCUT2D eigenvalue weighted by atomic mass is 10.1. The summed E-state index contributed by atoms with van der Waals surface area (Å²) in [5.74, 6) is -0.693. The van der Waals surface area contributed by atoms with Crippen molar-refractivity contribution in [1.29, 1.82) is 0 Å². The average Bonchev–Trinajstić information content (AvgIpc) is 3.12. The Morgan fingerprint density at radius 1 is 1.04 bits per heavy atom. The number of aromatic nitrogens is 3. The summed E-state index contributed by atoms with van der Waals surface area (Å²) in [6, 6.07) is 13.9. The average molecular weight is 351 g/mol. The molecular weight excluding hydrogens is 334 g/mol. The van der Waals surface area contributed by atoms with E-state index in [2.05, 4.69) is 15.4 Å². The predicted molar refractivity (Wildman–Crippen MR) is 93.9 cm³/mol. The lowest BCUT2D eigenvalue weighted by molar-refractivity contribution is 0.0520. The lowest BCUT2D eigenvalue weighted by Gasteiger charge is -2.07. The molecule has 0 aliphatic carbocycles. The SMILES string of the molecule is CCOC(=O)c1n[nH]nc1-c1cccc(OC(=O)c2cccc(C)c2)c1. The number of nitrogens with zero attached hydrogens (tertiary/aromatic N) is 2. The second-order valence-corrected chi connectivity index (χ2v) is 5.53. The van der Waals surface area contributed by atoms with Crippen LogP contribution in [0.2, 0.25) is 0 Å². The van der Waals surface area contributed by atoms with Crippen molar-refractivity contribution in [2.45, 2.75) is 13.8 Å². The maximum atomic E-state index is 12.3. The van der Waals surface area contributed by atoms with E-state index in [9.17, 15) is 9.59 Å². The number of nitrogens with one attached hydrogen (secondary N) is 1. The Bertz CT molecular complexity index is 949. The zero-order valence-electron chi connectivity index (χ0n) is 14.4. The number of hydrogen-bond acceptors (Lipinski definition) is 6. The van der Waals surface area contributed by atoms with Crippen molar-refractivity contribution >= 4 is 11.9 Å². The number of carbonyl (C=O) groups is 2. The van der Waals surface area contributed by atoms with E-state index in [1.54, 1.807) is 49.4 Å². The third kappa shape index (κ3) is 3.77. The van der Waals surface area contributed by atoms with Gasteiger partial charge in [0.05, 0.1) is 12.2 Å². The Hall–Kier alpha value is -3.48. The molecule has 132 valence electrons. The van der Waals surface area contributed by atoms with E-state index in [1.807, 2.05) is 13.0 Å². The smallest absolute Gasteiger partial charge is 0.361 e. The predicted octanol–water partition coefficient (Wildman–Crippen LogP) is 3.18. The summed E-state index contributed by atoms with van der Waals surface area (Å²) in [5.41, 5.74) is 2.42. The molecule has 0 fully saturated rings. The normalized spacial score (nSPS) is 10.4. The Morgan fingerprint density at radius 2 is 1.85 bits per heavy atom. The number of esters is 2. The topological polar surface area (TPSA) is 94.2 Å². The number of hydrogen-bond donors (Lipinski definition) is 1. The van der Waals surface area contributed by atoms with Crippen molar-refractivity contribution in [2.75, 3.05) is 6.61 Å². The first-order valence-corrected chi connectivity index (χ1v) is 8.05. The number of ether oxygens (including phenoxy) is 2.